The van der Waals surface area contributed by atoms with E-state index < -0.39 is 0 Å². The number of nitrogens with zero attached hydrogens (tertiary/aromatic N) is 3. The van der Waals surface area contributed by atoms with E-state index in [4.69, 9.17) is 9.40 Å². The lowest BCUT2D eigenvalue weighted by molar-refractivity contribution is 0.0945. The topological polar surface area (TPSA) is 99.1 Å². The highest BCUT2D eigenvalue weighted by Gasteiger charge is 2.23. The van der Waals surface area contributed by atoms with Crippen molar-refractivity contribution in [3.8, 4) is 11.3 Å². The molecule has 0 saturated carbocycles. The number of aromatic nitrogens is 3. The molecular formula is C29H38N6O2. The molecular weight excluding hydrogens is 464 g/mol. The number of likely N-dealkylation sites (tertiary alicyclic amines) is 1. The van der Waals surface area contributed by atoms with Gasteiger partial charge in [-0.1, -0.05) is 31.1 Å². The van der Waals surface area contributed by atoms with E-state index >= 15 is 0 Å². The number of hydrogen-bond donors (Lipinski definition) is 3. The zero-order chi connectivity index (χ0) is 25.6. The normalized spacial score (nSPS) is 18.9. The summed E-state index contributed by atoms with van der Waals surface area (Å²) in [4.78, 5) is 27.0. The largest absolute Gasteiger partial charge is 0.442 e. The lowest BCUT2D eigenvalue weighted by Gasteiger charge is -2.32. The van der Waals surface area contributed by atoms with Crippen LogP contribution in [0.1, 0.15) is 80.0 Å². The predicted octanol–water partition coefficient (Wildman–Crippen LogP) is 5.45. The van der Waals surface area contributed by atoms with E-state index in [1.165, 1.54) is 23.7 Å². The Bertz CT molecular complexity index is 1190. The number of hydrogen-bond acceptors (Lipinski definition) is 7. The number of unbranched alkanes of at least 4 members (excludes halogenated alkanes) is 2. The van der Waals surface area contributed by atoms with E-state index in [1.54, 1.807) is 0 Å². The van der Waals surface area contributed by atoms with Gasteiger partial charge in [-0.25, -0.2) is 9.97 Å². The van der Waals surface area contributed by atoms with Gasteiger partial charge in [0, 0.05) is 29.8 Å². The van der Waals surface area contributed by atoms with Gasteiger partial charge in [0.25, 0.3) is 5.89 Å². The van der Waals surface area contributed by atoms with Crippen LogP contribution < -0.4 is 10.6 Å². The van der Waals surface area contributed by atoms with Crippen molar-refractivity contribution in [1.82, 2.24) is 25.2 Å². The first kappa shape index (κ1) is 25.4. The fraction of sp³-hybridized carbons (Fsp3) is 0.483. The molecule has 4 heterocycles. The van der Waals surface area contributed by atoms with Gasteiger partial charge in [0.15, 0.2) is 0 Å². The Hall–Kier alpha value is -3.23. The maximum atomic E-state index is 12.2. The molecule has 5 rings (SSSR count). The van der Waals surface area contributed by atoms with Gasteiger partial charge < -0.3 is 24.9 Å². The second-order valence-electron chi connectivity index (χ2n) is 10.4. The molecule has 2 aliphatic heterocycles. The van der Waals surface area contributed by atoms with Crippen LogP contribution in [0, 0.1) is 0 Å². The van der Waals surface area contributed by atoms with Crippen molar-refractivity contribution in [1.29, 1.82) is 0 Å². The summed E-state index contributed by atoms with van der Waals surface area (Å²) in [5, 5.41) is 7.40. The maximum Gasteiger partial charge on any atom is 0.263 e. The number of piperidine rings is 1. The van der Waals surface area contributed by atoms with E-state index in [9.17, 15) is 4.79 Å². The number of ketones is 1. The minimum absolute atomic E-state index is 0.0220. The van der Waals surface area contributed by atoms with Gasteiger partial charge in [-0.2, -0.15) is 0 Å². The summed E-state index contributed by atoms with van der Waals surface area (Å²) in [7, 11) is 2.19. The second kappa shape index (κ2) is 11.9. The Labute approximate surface area is 219 Å². The van der Waals surface area contributed by atoms with Crippen molar-refractivity contribution in [2.75, 3.05) is 25.5 Å². The van der Waals surface area contributed by atoms with Crippen LogP contribution in [0.15, 0.2) is 47.3 Å². The number of carbonyl (C=O) groups excluding carboxylic acids is 1. The molecule has 1 fully saturated rings. The average molecular weight is 503 g/mol. The molecule has 8 nitrogen and oxygen atoms in total. The molecule has 2 atom stereocenters. The number of aromatic amines is 1. The van der Waals surface area contributed by atoms with Crippen molar-refractivity contribution < 1.29 is 9.21 Å². The molecule has 3 aromatic rings. The van der Waals surface area contributed by atoms with Crippen LogP contribution in [0.3, 0.4) is 0 Å². The average Bonchev–Trinajstić information content (AvgIpc) is 3.62. The zero-order valence-electron chi connectivity index (χ0n) is 21.9. The Balaban J connectivity index is 1.22. The molecule has 1 saturated heterocycles. The van der Waals surface area contributed by atoms with Gasteiger partial charge in [-0.3, -0.25) is 4.79 Å². The molecule has 0 amide bonds. The number of oxazole rings is 1. The van der Waals surface area contributed by atoms with E-state index in [1.807, 2.05) is 6.20 Å². The van der Waals surface area contributed by atoms with Crippen molar-refractivity contribution in [2.24, 2.45) is 0 Å². The third-order valence-electron chi connectivity index (χ3n) is 7.46. The molecule has 2 aliphatic rings. The SMILES string of the molecule is CC1C=Cc2cc(-c3cnc([C@H](CCCCCC(=O)c4ncco4)NC4CCN(C)CC4)[nH]3)ccc2N1. The second-order valence-corrected chi connectivity index (χ2v) is 10.4. The highest BCUT2D eigenvalue weighted by molar-refractivity contribution is 5.91. The summed E-state index contributed by atoms with van der Waals surface area (Å²) in [6.07, 6.45) is 15.9. The minimum atomic E-state index is -0.0220. The number of carbonyl (C=O) groups is 1. The van der Waals surface area contributed by atoms with Crippen LogP contribution >= 0.6 is 0 Å². The summed E-state index contributed by atoms with van der Waals surface area (Å²) in [6.45, 7) is 4.39. The molecule has 3 N–H and O–H groups in total. The fourth-order valence-electron chi connectivity index (χ4n) is 5.24. The third-order valence-corrected chi connectivity index (χ3v) is 7.46. The highest BCUT2D eigenvalue weighted by Crippen LogP contribution is 2.30. The molecule has 8 heteroatoms. The van der Waals surface area contributed by atoms with Crippen molar-refractivity contribution in [3.05, 3.63) is 60.2 Å². The zero-order valence-corrected chi connectivity index (χ0v) is 21.9. The van der Waals surface area contributed by atoms with Gasteiger partial charge in [0.2, 0.25) is 5.78 Å². The van der Waals surface area contributed by atoms with Gasteiger partial charge in [-0.15, -0.1) is 0 Å². The van der Waals surface area contributed by atoms with Gasteiger partial charge in [-0.05, 0) is 70.4 Å². The number of anilines is 1. The van der Waals surface area contributed by atoms with E-state index in [0.717, 1.165) is 68.7 Å². The smallest absolute Gasteiger partial charge is 0.263 e. The molecule has 37 heavy (non-hydrogen) atoms. The molecule has 0 bridgehead atoms. The summed E-state index contributed by atoms with van der Waals surface area (Å²) in [5.41, 5.74) is 4.55. The number of rotatable bonds is 11. The van der Waals surface area contributed by atoms with Crippen LogP contribution in [0.5, 0.6) is 0 Å². The van der Waals surface area contributed by atoms with Gasteiger partial charge >= 0.3 is 0 Å². The number of nitrogens with one attached hydrogen (secondary N) is 3. The first-order valence-corrected chi connectivity index (χ1v) is 13.6. The van der Waals surface area contributed by atoms with Crippen LogP contribution in [0.2, 0.25) is 0 Å². The molecule has 0 radical (unpaired) electrons. The molecule has 196 valence electrons. The Morgan fingerprint density at radius 1 is 1.22 bits per heavy atom. The van der Waals surface area contributed by atoms with Crippen LogP contribution in [-0.2, 0) is 0 Å². The van der Waals surface area contributed by atoms with E-state index in [2.05, 4.69) is 69.8 Å². The van der Waals surface area contributed by atoms with Crippen molar-refractivity contribution >= 4 is 17.5 Å². The maximum absolute atomic E-state index is 12.2. The standard InChI is InChI=1S/C29H38N6O2/c1-20-8-9-21-18-22(10-11-24(21)32-20)26-19-31-28(34-26)25(33-23-12-15-35(2)16-13-23)6-4-3-5-7-27(36)29-30-14-17-37-29/h8-11,14,17-20,23,25,32-33H,3-7,12-13,15-16H2,1-2H3,(H,31,34)/t20?,25-/m0/s1. The summed E-state index contributed by atoms with van der Waals surface area (Å²) >= 11 is 0. The predicted molar refractivity (Wildman–Crippen MR) is 146 cm³/mol. The van der Waals surface area contributed by atoms with Crippen LogP contribution in [-0.4, -0.2) is 57.9 Å². The van der Waals surface area contributed by atoms with Crippen molar-refractivity contribution in [3.63, 3.8) is 0 Å². The number of H-pyrrole nitrogens is 1. The monoisotopic (exact) mass is 502 g/mol. The van der Waals surface area contributed by atoms with E-state index in [0.29, 0.717) is 18.5 Å². The lowest BCUT2D eigenvalue weighted by atomic mass is 10.0. The number of fused-ring (bicyclic) bond motifs is 1. The summed E-state index contributed by atoms with van der Waals surface area (Å²) in [5.74, 6) is 1.18. The first-order chi connectivity index (χ1) is 18.0. The van der Waals surface area contributed by atoms with Crippen LogP contribution in [0.4, 0.5) is 5.69 Å². The molecule has 1 aromatic carbocycles. The van der Waals surface area contributed by atoms with E-state index in [-0.39, 0.29) is 17.7 Å². The molecule has 0 aliphatic carbocycles. The Morgan fingerprint density at radius 3 is 2.89 bits per heavy atom. The molecule has 2 aromatic heterocycles. The molecule has 1 unspecified atom stereocenters. The Morgan fingerprint density at radius 2 is 2.08 bits per heavy atom. The number of benzene rings is 1. The lowest BCUT2D eigenvalue weighted by Crippen LogP contribution is -2.42. The van der Waals surface area contributed by atoms with Gasteiger partial charge in [0.05, 0.1) is 24.1 Å². The third kappa shape index (κ3) is 6.56. The van der Waals surface area contributed by atoms with Gasteiger partial charge in [0.1, 0.15) is 12.1 Å². The highest BCUT2D eigenvalue weighted by atomic mass is 16.3. The number of Topliss-reactive ketones (excluding diaryl/α,β-unsaturated/α-hetero) is 1. The summed E-state index contributed by atoms with van der Waals surface area (Å²) in [6, 6.07) is 7.52. The quantitative estimate of drug-likeness (QED) is 0.237. The summed E-state index contributed by atoms with van der Waals surface area (Å²) < 4.78 is 5.12. The van der Waals surface area contributed by atoms with Crippen molar-refractivity contribution in [2.45, 2.75) is 70.0 Å². The minimum Gasteiger partial charge on any atom is -0.442 e. The molecule has 0 spiro atoms. The first-order valence-electron chi connectivity index (χ1n) is 13.6. The number of imidazole rings is 1. The fourth-order valence-corrected chi connectivity index (χ4v) is 5.24. The Kier molecular flexibility index (Phi) is 8.16. The van der Waals surface area contributed by atoms with Crippen LogP contribution in [0.25, 0.3) is 17.3 Å².